The molecule has 2 aromatic rings. The number of nitrogens with zero attached hydrogens (tertiary/aromatic N) is 1. The lowest BCUT2D eigenvalue weighted by Crippen LogP contribution is -1.95. The third-order valence-corrected chi connectivity index (χ3v) is 2.37. The molecule has 2 nitrogen and oxygen atoms in total. The van der Waals surface area contributed by atoms with E-state index >= 15 is 0 Å². The maximum atomic E-state index is 13.3. The zero-order chi connectivity index (χ0) is 10.1. The molecule has 0 spiro atoms. The van der Waals surface area contributed by atoms with E-state index in [-0.39, 0.29) is 5.82 Å². The average Bonchev–Trinajstić information content (AvgIpc) is 2.63. The number of aryl methyl sites for hydroxylation is 1. The molecular formula is C11H10FNO. The van der Waals surface area contributed by atoms with Crippen LogP contribution in [-0.4, -0.2) is 10.9 Å². The first kappa shape index (κ1) is 8.94. The van der Waals surface area contributed by atoms with Crippen molar-refractivity contribution in [3.05, 3.63) is 35.8 Å². The highest BCUT2D eigenvalue weighted by atomic mass is 19.1. The number of aldehydes is 1. The van der Waals surface area contributed by atoms with Crippen molar-refractivity contribution in [3.8, 4) is 0 Å². The Balaban J connectivity index is 2.88. The van der Waals surface area contributed by atoms with Crippen LogP contribution in [0.1, 0.15) is 17.3 Å². The number of benzene rings is 1. The number of carbonyl (C=O) groups excluding carboxylic acids is 1. The molecule has 0 saturated carbocycles. The normalized spacial score (nSPS) is 10.7. The van der Waals surface area contributed by atoms with Gasteiger partial charge in [0.15, 0.2) is 6.29 Å². The number of carbonyl (C=O) groups is 1. The summed E-state index contributed by atoms with van der Waals surface area (Å²) in [6.45, 7) is 2.69. The van der Waals surface area contributed by atoms with E-state index < -0.39 is 0 Å². The van der Waals surface area contributed by atoms with Gasteiger partial charge in [-0.25, -0.2) is 4.39 Å². The molecule has 0 amide bonds. The summed E-state index contributed by atoms with van der Waals surface area (Å²) in [5, 5.41) is 0.511. The summed E-state index contributed by atoms with van der Waals surface area (Å²) in [5.41, 5.74) is 1.22. The zero-order valence-corrected chi connectivity index (χ0v) is 7.83. The third-order valence-electron chi connectivity index (χ3n) is 2.37. The van der Waals surface area contributed by atoms with Crippen molar-refractivity contribution in [3.63, 3.8) is 0 Å². The summed E-state index contributed by atoms with van der Waals surface area (Å²) in [5.74, 6) is -0.280. The Kier molecular flexibility index (Phi) is 2.08. The van der Waals surface area contributed by atoms with E-state index in [9.17, 15) is 9.18 Å². The van der Waals surface area contributed by atoms with Gasteiger partial charge in [0.2, 0.25) is 0 Å². The summed E-state index contributed by atoms with van der Waals surface area (Å²) >= 11 is 0. The molecule has 0 bridgehead atoms. The van der Waals surface area contributed by atoms with Crippen LogP contribution in [0.2, 0.25) is 0 Å². The molecule has 0 atom stereocenters. The van der Waals surface area contributed by atoms with E-state index in [4.69, 9.17) is 0 Å². The van der Waals surface area contributed by atoms with Crippen molar-refractivity contribution in [1.82, 2.24) is 4.57 Å². The van der Waals surface area contributed by atoms with E-state index in [1.54, 1.807) is 12.3 Å². The fourth-order valence-electron chi connectivity index (χ4n) is 1.68. The second kappa shape index (κ2) is 3.25. The second-order valence-electron chi connectivity index (χ2n) is 3.12. The van der Waals surface area contributed by atoms with Gasteiger partial charge in [0, 0.05) is 23.7 Å². The Hall–Kier alpha value is -1.64. The first-order valence-electron chi connectivity index (χ1n) is 4.50. The summed E-state index contributed by atoms with van der Waals surface area (Å²) in [4.78, 5) is 10.8. The topological polar surface area (TPSA) is 22.0 Å². The van der Waals surface area contributed by atoms with Crippen LogP contribution >= 0.6 is 0 Å². The molecule has 1 aromatic carbocycles. The SMILES string of the molecule is CCn1ccc2c(F)ccc(C=O)c21. The molecule has 0 aliphatic carbocycles. The van der Waals surface area contributed by atoms with Crippen molar-refractivity contribution in [2.45, 2.75) is 13.5 Å². The monoisotopic (exact) mass is 191 g/mol. The molecule has 1 aromatic heterocycles. The molecule has 72 valence electrons. The third kappa shape index (κ3) is 1.13. The minimum Gasteiger partial charge on any atom is -0.347 e. The van der Waals surface area contributed by atoms with E-state index in [1.807, 2.05) is 11.5 Å². The molecule has 14 heavy (non-hydrogen) atoms. The lowest BCUT2D eigenvalue weighted by atomic mass is 10.1. The number of rotatable bonds is 2. The minimum atomic E-state index is -0.280. The van der Waals surface area contributed by atoms with Crippen LogP contribution in [0.4, 0.5) is 4.39 Å². The first-order chi connectivity index (χ1) is 6.77. The van der Waals surface area contributed by atoms with Gasteiger partial charge in [0.05, 0.1) is 5.52 Å². The molecule has 1 heterocycles. The average molecular weight is 191 g/mol. The van der Waals surface area contributed by atoms with Crippen LogP contribution in [-0.2, 0) is 6.54 Å². The van der Waals surface area contributed by atoms with Gasteiger partial charge in [0.25, 0.3) is 0 Å². The van der Waals surface area contributed by atoms with Crippen molar-refractivity contribution < 1.29 is 9.18 Å². The molecule has 3 heteroatoms. The Morgan fingerprint density at radius 2 is 2.21 bits per heavy atom. The molecule has 0 N–H and O–H groups in total. The van der Waals surface area contributed by atoms with E-state index in [1.165, 1.54) is 12.1 Å². The lowest BCUT2D eigenvalue weighted by Gasteiger charge is -2.03. The van der Waals surface area contributed by atoms with Gasteiger partial charge in [-0.05, 0) is 25.1 Å². The van der Waals surface area contributed by atoms with Gasteiger partial charge in [0.1, 0.15) is 5.82 Å². The van der Waals surface area contributed by atoms with Crippen LogP contribution in [0.15, 0.2) is 24.4 Å². The van der Waals surface area contributed by atoms with Gasteiger partial charge in [-0.1, -0.05) is 0 Å². The van der Waals surface area contributed by atoms with Crippen LogP contribution in [0.3, 0.4) is 0 Å². The van der Waals surface area contributed by atoms with Crippen molar-refractivity contribution >= 4 is 17.2 Å². The van der Waals surface area contributed by atoms with Crippen LogP contribution < -0.4 is 0 Å². The summed E-state index contributed by atoms with van der Waals surface area (Å²) in [6, 6.07) is 4.53. The molecular weight excluding hydrogens is 181 g/mol. The molecule has 0 unspecified atom stereocenters. The lowest BCUT2D eigenvalue weighted by molar-refractivity contribution is 0.112. The predicted octanol–water partition coefficient (Wildman–Crippen LogP) is 2.61. The van der Waals surface area contributed by atoms with E-state index in [0.29, 0.717) is 16.5 Å². The molecule has 0 aliphatic rings. The number of aromatic nitrogens is 1. The second-order valence-corrected chi connectivity index (χ2v) is 3.12. The van der Waals surface area contributed by atoms with Crippen molar-refractivity contribution in [2.24, 2.45) is 0 Å². The van der Waals surface area contributed by atoms with Gasteiger partial charge < -0.3 is 4.57 Å². The fourth-order valence-corrected chi connectivity index (χ4v) is 1.68. The van der Waals surface area contributed by atoms with E-state index in [2.05, 4.69) is 0 Å². The molecule has 0 aliphatic heterocycles. The molecule has 0 saturated heterocycles. The maximum absolute atomic E-state index is 13.3. The Bertz CT molecular complexity index is 487. The van der Waals surface area contributed by atoms with Crippen LogP contribution in [0.25, 0.3) is 10.9 Å². The van der Waals surface area contributed by atoms with E-state index in [0.717, 1.165) is 12.8 Å². The standard InChI is InChI=1S/C11H10FNO/c1-2-13-6-5-9-10(12)4-3-8(7-14)11(9)13/h3-7H,2H2,1H3. The zero-order valence-electron chi connectivity index (χ0n) is 7.83. The number of fused-ring (bicyclic) bond motifs is 1. The molecule has 0 radical (unpaired) electrons. The summed E-state index contributed by atoms with van der Waals surface area (Å²) in [7, 11) is 0. The predicted molar refractivity (Wildman–Crippen MR) is 53.0 cm³/mol. The van der Waals surface area contributed by atoms with Crippen LogP contribution in [0, 0.1) is 5.82 Å². The van der Waals surface area contributed by atoms with Gasteiger partial charge in [-0.3, -0.25) is 4.79 Å². The number of hydrogen-bond acceptors (Lipinski definition) is 1. The Morgan fingerprint density at radius 1 is 1.43 bits per heavy atom. The molecule has 0 fully saturated rings. The highest BCUT2D eigenvalue weighted by Gasteiger charge is 2.08. The quantitative estimate of drug-likeness (QED) is 0.669. The van der Waals surface area contributed by atoms with Crippen molar-refractivity contribution in [1.29, 1.82) is 0 Å². The number of hydrogen-bond donors (Lipinski definition) is 0. The fraction of sp³-hybridized carbons (Fsp3) is 0.182. The number of halogens is 1. The first-order valence-corrected chi connectivity index (χ1v) is 4.50. The highest BCUT2D eigenvalue weighted by molar-refractivity contribution is 5.96. The largest absolute Gasteiger partial charge is 0.347 e. The maximum Gasteiger partial charge on any atom is 0.152 e. The van der Waals surface area contributed by atoms with Crippen LogP contribution in [0.5, 0.6) is 0 Å². The Labute approximate surface area is 81.0 Å². The van der Waals surface area contributed by atoms with Gasteiger partial charge >= 0.3 is 0 Å². The van der Waals surface area contributed by atoms with Gasteiger partial charge in [-0.15, -0.1) is 0 Å². The minimum absolute atomic E-state index is 0.280. The Morgan fingerprint density at radius 3 is 2.86 bits per heavy atom. The summed E-state index contributed by atoms with van der Waals surface area (Å²) < 4.78 is 15.2. The van der Waals surface area contributed by atoms with Crippen molar-refractivity contribution in [2.75, 3.05) is 0 Å². The molecule has 2 rings (SSSR count). The van der Waals surface area contributed by atoms with Gasteiger partial charge in [-0.2, -0.15) is 0 Å². The smallest absolute Gasteiger partial charge is 0.152 e. The highest BCUT2D eigenvalue weighted by Crippen LogP contribution is 2.22. The summed E-state index contributed by atoms with van der Waals surface area (Å²) in [6.07, 6.45) is 2.55.